The highest BCUT2D eigenvalue weighted by atomic mass is 35.5. The first kappa shape index (κ1) is 14.4. The first-order valence-corrected chi connectivity index (χ1v) is 8.13. The van der Waals surface area contributed by atoms with Crippen LogP contribution in [-0.4, -0.2) is 12.6 Å². The van der Waals surface area contributed by atoms with Gasteiger partial charge in [-0.1, -0.05) is 23.7 Å². The van der Waals surface area contributed by atoms with Gasteiger partial charge in [0.15, 0.2) is 0 Å². The summed E-state index contributed by atoms with van der Waals surface area (Å²) in [7, 11) is 0. The number of fused-ring (bicyclic) bond motifs is 1. The van der Waals surface area contributed by atoms with E-state index in [9.17, 15) is 4.79 Å². The van der Waals surface area contributed by atoms with Gasteiger partial charge in [-0.2, -0.15) is 0 Å². The highest BCUT2D eigenvalue weighted by molar-refractivity contribution is 6.30. The van der Waals surface area contributed by atoms with Gasteiger partial charge in [0.05, 0.1) is 12.1 Å². The molecule has 2 aromatic carbocycles. The fourth-order valence-electron chi connectivity index (χ4n) is 3.02. The number of hydrogen-bond donors (Lipinski definition) is 2. The van der Waals surface area contributed by atoms with Crippen molar-refractivity contribution in [1.29, 1.82) is 0 Å². The first-order chi connectivity index (χ1) is 11.1. The third-order valence-corrected chi connectivity index (χ3v) is 4.70. The summed E-state index contributed by atoms with van der Waals surface area (Å²) < 4.78 is 5.48. The molecule has 2 aromatic rings. The molecule has 5 heteroatoms. The fourth-order valence-corrected chi connectivity index (χ4v) is 3.15. The molecule has 118 valence electrons. The van der Waals surface area contributed by atoms with Crippen LogP contribution in [0.15, 0.2) is 42.5 Å². The van der Waals surface area contributed by atoms with Gasteiger partial charge in [-0.25, -0.2) is 4.79 Å². The van der Waals surface area contributed by atoms with Gasteiger partial charge in [0.1, 0.15) is 5.75 Å². The van der Waals surface area contributed by atoms with E-state index in [-0.39, 0.29) is 11.6 Å². The zero-order chi connectivity index (χ0) is 15.9. The molecule has 0 spiro atoms. The molecule has 4 nitrogen and oxygen atoms in total. The van der Waals surface area contributed by atoms with E-state index in [1.807, 2.05) is 42.5 Å². The third-order valence-electron chi connectivity index (χ3n) is 4.45. The average Bonchev–Trinajstić information content (AvgIpc) is 3.15. The van der Waals surface area contributed by atoms with E-state index in [4.69, 9.17) is 16.3 Å². The minimum absolute atomic E-state index is 0.184. The molecule has 0 aromatic heterocycles. The Kier molecular flexibility index (Phi) is 3.42. The largest absolute Gasteiger partial charge is 0.493 e. The molecular formula is C18H17ClN2O2. The molecule has 0 unspecified atom stereocenters. The quantitative estimate of drug-likeness (QED) is 0.891. The fraction of sp³-hybridized carbons (Fsp3) is 0.278. The number of urea groups is 1. The van der Waals surface area contributed by atoms with Crippen molar-refractivity contribution in [2.24, 2.45) is 0 Å². The molecule has 1 aliphatic heterocycles. The van der Waals surface area contributed by atoms with Gasteiger partial charge in [0.25, 0.3) is 0 Å². The van der Waals surface area contributed by atoms with Gasteiger partial charge in [-0.15, -0.1) is 0 Å². The second kappa shape index (κ2) is 5.46. The van der Waals surface area contributed by atoms with E-state index >= 15 is 0 Å². The maximum Gasteiger partial charge on any atom is 0.319 e. The number of anilines is 1. The van der Waals surface area contributed by atoms with Crippen molar-refractivity contribution in [3.8, 4) is 5.75 Å². The van der Waals surface area contributed by atoms with Crippen molar-refractivity contribution in [2.75, 3.05) is 11.9 Å². The van der Waals surface area contributed by atoms with Crippen LogP contribution in [0.2, 0.25) is 5.02 Å². The summed E-state index contributed by atoms with van der Waals surface area (Å²) in [5.74, 6) is 0.913. The van der Waals surface area contributed by atoms with E-state index in [1.165, 1.54) is 0 Å². The van der Waals surface area contributed by atoms with Gasteiger partial charge in [0, 0.05) is 17.1 Å². The number of ether oxygens (including phenoxy) is 1. The van der Waals surface area contributed by atoms with Crippen molar-refractivity contribution in [3.63, 3.8) is 0 Å². The van der Waals surface area contributed by atoms with Crippen molar-refractivity contribution in [3.05, 3.63) is 58.6 Å². The number of rotatable bonds is 3. The predicted octanol–water partition coefficient (Wildman–Crippen LogP) is 4.09. The molecule has 1 saturated carbocycles. The van der Waals surface area contributed by atoms with Gasteiger partial charge in [-0.05, 0) is 54.3 Å². The lowest BCUT2D eigenvalue weighted by atomic mass is 10.1. The molecule has 1 aliphatic carbocycles. The topological polar surface area (TPSA) is 50.4 Å². The molecule has 2 amide bonds. The monoisotopic (exact) mass is 328 g/mol. The van der Waals surface area contributed by atoms with Crippen LogP contribution in [0.4, 0.5) is 10.5 Å². The minimum atomic E-state index is -0.255. The zero-order valence-corrected chi connectivity index (χ0v) is 13.3. The number of hydrogen-bond acceptors (Lipinski definition) is 2. The van der Waals surface area contributed by atoms with Crippen molar-refractivity contribution in [2.45, 2.75) is 24.8 Å². The lowest BCUT2D eigenvalue weighted by Gasteiger charge is -2.18. The first-order valence-electron chi connectivity index (χ1n) is 7.76. The maximum absolute atomic E-state index is 12.3. The Morgan fingerprint density at radius 1 is 1.13 bits per heavy atom. The van der Waals surface area contributed by atoms with Crippen LogP contribution in [0.3, 0.4) is 0 Å². The molecule has 4 rings (SSSR count). The Hall–Kier alpha value is -2.20. The Morgan fingerprint density at radius 3 is 2.65 bits per heavy atom. The van der Waals surface area contributed by atoms with Crippen LogP contribution in [0.1, 0.15) is 24.0 Å². The smallest absolute Gasteiger partial charge is 0.319 e. The van der Waals surface area contributed by atoms with Crippen molar-refractivity contribution >= 4 is 23.3 Å². The molecule has 1 heterocycles. The lowest BCUT2D eigenvalue weighted by molar-refractivity contribution is 0.247. The maximum atomic E-state index is 12.3. The minimum Gasteiger partial charge on any atom is -0.493 e. The second-order valence-electron chi connectivity index (χ2n) is 6.09. The Bertz CT molecular complexity index is 754. The normalized spacial score (nSPS) is 17.1. The van der Waals surface area contributed by atoms with Gasteiger partial charge in [0.2, 0.25) is 0 Å². The van der Waals surface area contributed by atoms with Crippen LogP contribution >= 0.6 is 11.6 Å². The molecule has 2 N–H and O–H groups in total. The lowest BCUT2D eigenvalue weighted by Crippen LogP contribution is -2.38. The summed E-state index contributed by atoms with van der Waals surface area (Å²) >= 11 is 5.93. The van der Waals surface area contributed by atoms with E-state index < -0.39 is 0 Å². The summed E-state index contributed by atoms with van der Waals surface area (Å²) in [5, 5.41) is 6.72. The van der Waals surface area contributed by atoms with E-state index in [1.54, 1.807) is 0 Å². The summed E-state index contributed by atoms with van der Waals surface area (Å²) in [6.07, 6.45) is 2.78. The molecule has 0 radical (unpaired) electrons. The van der Waals surface area contributed by atoms with Gasteiger partial charge in [-0.3, -0.25) is 0 Å². The van der Waals surface area contributed by atoms with E-state index in [0.29, 0.717) is 11.6 Å². The molecular weight excluding hydrogens is 312 g/mol. The highest BCUT2D eigenvalue weighted by Gasteiger charge is 2.45. The summed E-state index contributed by atoms with van der Waals surface area (Å²) in [5.41, 5.74) is 2.77. The van der Waals surface area contributed by atoms with Crippen molar-refractivity contribution < 1.29 is 9.53 Å². The molecule has 0 saturated heterocycles. The molecule has 2 aliphatic rings. The average molecular weight is 329 g/mol. The summed E-state index contributed by atoms with van der Waals surface area (Å²) in [4.78, 5) is 12.3. The van der Waals surface area contributed by atoms with E-state index in [2.05, 4.69) is 10.6 Å². The van der Waals surface area contributed by atoms with Crippen LogP contribution in [0.5, 0.6) is 5.75 Å². The Morgan fingerprint density at radius 2 is 1.91 bits per heavy atom. The number of carbonyl (C=O) groups excluding carboxylic acids is 1. The van der Waals surface area contributed by atoms with Gasteiger partial charge >= 0.3 is 6.03 Å². The Balaban J connectivity index is 1.45. The van der Waals surface area contributed by atoms with Crippen LogP contribution in [0.25, 0.3) is 0 Å². The Labute approximate surface area is 139 Å². The summed E-state index contributed by atoms with van der Waals surface area (Å²) in [6, 6.07) is 13.2. The second-order valence-corrected chi connectivity index (χ2v) is 6.53. The molecule has 0 atom stereocenters. The standard InChI is InChI=1S/C18H17ClN2O2/c19-14-3-1-13(2-4-14)18(8-9-18)21-17(22)20-15-5-6-16-12(11-15)7-10-23-16/h1-6,11H,7-10H2,(H2,20,21,22). The molecule has 23 heavy (non-hydrogen) atoms. The van der Waals surface area contributed by atoms with Crippen LogP contribution in [-0.2, 0) is 12.0 Å². The number of benzene rings is 2. The zero-order valence-electron chi connectivity index (χ0n) is 12.6. The SMILES string of the molecule is O=C(Nc1ccc2c(c1)CCO2)NC1(c2ccc(Cl)cc2)CC1. The number of halogens is 1. The van der Waals surface area contributed by atoms with Crippen molar-refractivity contribution in [1.82, 2.24) is 5.32 Å². The number of nitrogens with one attached hydrogen (secondary N) is 2. The van der Waals surface area contributed by atoms with E-state index in [0.717, 1.165) is 41.8 Å². The highest BCUT2D eigenvalue weighted by Crippen LogP contribution is 2.45. The number of amides is 2. The van der Waals surface area contributed by atoms with Gasteiger partial charge < -0.3 is 15.4 Å². The summed E-state index contributed by atoms with van der Waals surface area (Å²) in [6.45, 7) is 0.713. The third kappa shape index (κ3) is 2.86. The predicted molar refractivity (Wildman–Crippen MR) is 90.2 cm³/mol. The molecule has 0 bridgehead atoms. The number of carbonyl (C=O) groups is 1. The molecule has 1 fully saturated rings. The van der Waals surface area contributed by atoms with Crippen LogP contribution in [0, 0.1) is 0 Å². The van der Waals surface area contributed by atoms with Crippen LogP contribution < -0.4 is 15.4 Å².